The highest BCUT2D eigenvalue weighted by Crippen LogP contribution is 2.27. The highest BCUT2D eigenvalue weighted by molar-refractivity contribution is 7.14. The smallest absolute Gasteiger partial charge is 0.250 e. The molecular weight excluding hydrogens is 340 g/mol. The zero-order valence-electron chi connectivity index (χ0n) is 13.9. The molecule has 0 bridgehead atoms. The molecule has 0 aliphatic rings. The van der Waals surface area contributed by atoms with Crippen molar-refractivity contribution in [3.8, 4) is 11.3 Å². The van der Waals surface area contributed by atoms with E-state index in [-0.39, 0.29) is 5.91 Å². The first-order chi connectivity index (χ1) is 12.8. The molecule has 0 saturated heterocycles. The van der Waals surface area contributed by atoms with Crippen LogP contribution in [-0.2, 0) is 4.79 Å². The van der Waals surface area contributed by atoms with E-state index in [1.165, 1.54) is 28.2 Å². The van der Waals surface area contributed by atoms with E-state index in [1.807, 2.05) is 47.8 Å². The SMILES string of the molecule is O=C(/C=C/c1ccccc1)Nc1nc(-c2ccc3ccccc3c2)cs1. The number of hydrogen-bond donors (Lipinski definition) is 1. The average molecular weight is 356 g/mol. The molecule has 0 radical (unpaired) electrons. The standard InChI is InChI=1S/C22H16N2OS/c25-21(13-10-16-6-2-1-3-7-16)24-22-23-20(15-26-22)19-12-11-17-8-4-5-9-18(17)14-19/h1-15H,(H,23,24,25)/b13-10+. The van der Waals surface area contributed by atoms with Gasteiger partial charge >= 0.3 is 0 Å². The molecule has 0 aliphatic carbocycles. The van der Waals surface area contributed by atoms with Crippen LogP contribution in [0.4, 0.5) is 5.13 Å². The second-order valence-electron chi connectivity index (χ2n) is 5.83. The minimum Gasteiger partial charge on any atom is -0.298 e. The van der Waals surface area contributed by atoms with Crippen molar-refractivity contribution in [3.63, 3.8) is 0 Å². The molecule has 0 spiro atoms. The molecule has 1 aromatic heterocycles. The summed E-state index contributed by atoms with van der Waals surface area (Å²) in [5, 5.41) is 7.75. The van der Waals surface area contributed by atoms with Gasteiger partial charge in [0.2, 0.25) is 5.91 Å². The fourth-order valence-electron chi connectivity index (χ4n) is 2.70. The van der Waals surface area contributed by atoms with Crippen LogP contribution < -0.4 is 5.32 Å². The van der Waals surface area contributed by atoms with Gasteiger partial charge in [-0.2, -0.15) is 0 Å². The molecule has 26 heavy (non-hydrogen) atoms. The van der Waals surface area contributed by atoms with Crippen LogP contribution in [0.3, 0.4) is 0 Å². The number of rotatable bonds is 4. The Bertz CT molecular complexity index is 1080. The number of anilines is 1. The molecule has 3 nitrogen and oxygen atoms in total. The molecule has 0 aliphatic heterocycles. The fourth-order valence-corrected chi connectivity index (χ4v) is 3.42. The Morgan fingerprint density at radius 2 is 1.69 bits per heavy atom. The molecule has 0 atom stereocenters. The third kappa shape index (κ3) is 3.71. The lowest BCUT2D eigenvalue weighted by Crippen LogP contribution is -2.07. The Labute approximate surface area is 155 Å². The van der Waals surface area contributed by atoms with Crippen molar-refractivity contribution >= 4 is 39.2 Å². The van der Waals surface area contributed by atoms with Crippen LogP contribution >= 0.6 is 11.3 Å². The molecule has 0 fully saturated rings. The van der Waals surface area contributed by atoms with Crippen molar-refractivity contribution in [2.45, 2.75) is 0 Å². The number of carbonyl (C=O) groups excluding carboxylic acids is 1. The van der Waals surface area contributed by atoms with Crippen molar-refractivity contribution in [3.05, 3.63) is 89.8 Å². The molecule has 0 saturated carbocycles. The fraction of sp³-hybridized carbons (Fsp3) is 0. The van der Waals surface area contributed by atoms with Crippen molar-refractivity contribution in [2.75, 3.05) is 5.32 Å². The predicted molar refractivity (Wildman–Crippen MR) is 109 cm³/mol. The number of fused-ring (bicyclic) bond motifs is 1. The lowest BCUT2D eigenvalue weighted by Gasteiger charge is -2.01. The van der Waals surface area contributed by atoms with Crippen molar-refractivity contribution in [2.24, 2.45) is 0 Å². The van der Waals surface area contributed by atoms with Gasteiger partial charge in [-0.05, 0) is 28.5 Å². The van der Waals surface area contributed by atoms with E-state index < -0.39 is 0 Å². The van der Waals surface area contributed by atoms with E-state index >= 15 is 0 Å². The van der Waals surface area contributed by atoms with Crippen LogP contribution in [0.1, 0.15) is 5.56 Å². The van der Waals surface area contributed by atoms with Gasteiger partial charge < -0.3 is 0 Å². The Balaban J connectivity index is 1.48. The van der Waals surface area contributed by atoms with Crippen LogP contribution in [0.5, 0.6) is 0 Å². The number of nitrogens with zero attached hydrogens (tertiary/aromatic N) is 1. The summed E-state index contributed by atoms with van der Waals surface area (Å²) in [7, 11) is 0. The number of aromatic nitrogens is 1. The van der Waals surface area contributed by atoms with Gasteiger partial charge in [-0.3, -0.25) is 10.1 Å². The third-order valence-electron chi connectivity index (χ3n) is 4.01. The van der Waals surface area contributed by atoms with E-state index in [0.717, 1.165) is 16.8 Å². The zero-order valence-corrected chi connectivity index (χ0v) is 14.7. The van der Waals surface area contributed by atoms with Gasteiger partial charge in [0.25, 0.3) is 0 Å². The summed E-state index contributed by atoms with van der Waals surface area (Å²) in [6, 6.07) is 24.2. The molecule has 4 rings (SSSR count). The molecular formula is C22H16N2OS. The minimum atomic E-state index is -0.187. The molecule has 1 heterocycles. The second-order valence-corrected chi connectivity index (χ2v) is 6.69. The molecule has 0 unspecified atom stereocenters. The Kier molecular flexibility index (Phi) is 4.58. The van der Waals surface area contributed by atoms with Gasteiger partial charge in [-0.1, -0.05) is 66.7 Å². The Morgan fingerprint density at radius 1 is 0.923 bits per heavy atom. The normalized spacial score (nSPS) is 11.1. The summed E-state index contributed by atoms with van der Waals surface area (Å²) in [5.41, 5.74) is 2.89. The maximum absolute atomic E-state index is 12.1. The Morgan fingerprint density at radius 3 is 2.54 bits per heavy atom. The molecule has 1 N–H and O–H groups in total. The van der Waals surface area contributed by atoms with Gasteiger partial charge in [-0.15, -0.1) is 11.3 Å². The van der Waals surface area contributed by atoms with E-state index in [0.29, 0.717) is 5.13 Å². The summed E-state index contributed by atoms with van der Waals surface area (Å²) in [5.74, 6) is -0.187. The summed E-state index contributed by atoms with van der Waals surface area (Å²) in [4.78, 5) is 16.6. The number of benzene rings is 3. The summed E-state index contributed by atoms with van der Waals surface area (Å²) in [6.45, 7) is 0. The topological polar surface area (TPSA) is 42.0 Å². The van der Waals surface area contributed by atoms with E-state index in [9.17, 15) is 4.79 Å². The van der Waals surface area contributed by atoms with Gasteiger partial charge in [0.1, 0.15) is 0 Å². The summed E-state index contributed by atoms with van der Waals surface area (Å²) < 4.78 is 0. The van der Waals surface area contributed by atoms with Gasteiger partial charge in [0, 0.05) is 17.0 Å². The van der Waals surface area contributed by atoms with Gasteiger partial charge in [0.15, 0.2) is 5.13 Å². The zero-order chi connectivity index (χ0) is 17.8. The quantitative estimate of drug-likeness (QED) is 0.483. The first kappa shape index (κ1) is 16.2. The molecule has 3 aromatic carbocycles. The largest absolute Gasteiger partial charge is 0.298 e. The molecule has 4 aromatic rings. The predicted octanol–water partition coefficient (Wildman–Crippen LogP) is 5.62. The van der Waals surface area contributed by atoms with Crippen molar-refractivity contribution in [1.82, 2.24) is 4.98 Å². The number of nitrogens with one attached hydrogen (secondary N) is 1. The van der Waals surface area contributed by atoms with Gasteiger partial charge in [0.05, 0.1) is 5.69 Å². The summed E-state index contributed by atoms with van der Waals surface area (Å²) in [6.07, 6.45) is 3.31. The second kappa shape index (κ2) is 7.33. The highest BCUT2D eigenvalue weighted by Gasteiger charge is 2.07. The molecule has 126 valence electrons. The monoisotopic (exact) mass is 356 g/mol. The van der Waals surface area contributed by atoms with Crippen LogP contribution in [-0.4, -0.2) is 10.9 Å². The first-order valence-corrected chi connectivity index (χ1v) is 9.15. The maximum atomic E-state index is 12.1. The van der Waals surface area contributed by atoms with Crippen LogP contribution in [0.25, 0.3) is 28.1 Å². The van der Waals surface area contributed by atoms with E-state index in [1.54, 1.807) is 6.08 Å². The minimum absolute atomic E-state index is 0.187. The molecule has 1 amide bonds. The van der Waals surface area contributed by atoms with E-state index in [2.05, 4.69) is 40.6 Å². The molecule has 4 heteroatoms. The number of amides is 1. The van der Waals surface area contributed by atoms with Crippen molar-refractivity contribution in [1.29, 1.82) is 0 Å². The van der Waals surface area contributed by atoms with Crippen molar-refractivity contribution < 1.29 is 4.79 Å². The van der Waals surface area contributed by atoms with Crippen LogP contribution in [0.15, 0.2) is 84.3 Å². The lowest BCUT2D eigenvalue weighted by atomic mass is 10.1. The highest BCUT2D eigenvalue weighted by atomic mass is 32.1. The Hall–Kier alpha value is -3.24. The number of hydrogen-bond acceptors (Lipinski definition) is 3. The summed E-state index contributed by atoms with van der Waals surface area (Å²) >= 11 is 1.42. The first-order valence-electron chi connectivity index (χ1n) is 8.27. The average Bonchev–Trinajstić information content (AvgIpc) is 3.15. The lowest BCUT2D eigenvalue weighted by molar-refractivity contribution is -0.111. The maximum Gasteiger partial charge on any atom is 0.250 e. The van der Waals surface area contributed by atoms with Gasteiger partial charge in [-0.25, -0.2) is 4.98 Å². The van der Waals surface area contributed by atoms with Crippen LogP contribution in [0, 0.1) is 0 Å². The number of thiazole rings is 1. The van der Waals surface area contributed by atoms with E-state index in [4.69, 9.17) is 0 Å². The number of carbonyl (C=O) groups is 1. The third-order valence-corrected chi connectivity index (χ3v) is 4.76. The van der Waals surface area contributed by atoms with Crippen LogP contribution in [0.2, 0.25) is 0 Å².